The van der Waals surface area contributed by atoms with Gasteiger partial charge < -0.3 is 10.4 Å². The van der Waals surface area contributed by atoms with E-state index in [-0.39, 0.29) is 6.10 Å². The van der Waals surface area contributed by atoms with Crippen LogP contribution in [0.2, 0.25) is 0 Å². The molecule has 0 bridgehead atoms. The molecule has 1 saturated heterocycles. The summed E-state index contributed by atoms with van der Waals surface area (Å²) >= 11 is 0. The number of hydrogen-bond donors (Lipinski definition) is 2. The maximum Gasteiger partial charge on any atom is 0.0690 e. The first-order chi connectivity index (χ1) is 3.80. The first kappa shape index (κ1) is 6.05. The van der Waals surface area contributed by atoms with Gasteiger partial charge in [0, 0.05) is 6.54 Å². The first-order valence-electron chi connectivity index (χ1n) is 3.19. The van der Waals surface area contributed by atoms with Gasteiger partial charge in [0.2, 0.25) is 0 Å². The Labute approximate surface area is 49.9 Å². The summed E-state index contributed by atoms with van der Waals surface area (Å²) in [7, 11) is 0. The largest absolute Gasteiger partial charge is 0.392 e. The summed E-state index contributed by atoms with van der Waals surface area (Å²) in [6, 6.07) is 0. The highest BCUT2D eigenvalue weighted by Crippen LogP contribution is 2.09. The molecule has 1 fully saturated rings. The predicted octanol–water partition coefficient (Wildman–Crippen LogP) is -0.0233. The van der Waals surface area contributed by atoms with Gasteiger partial charge in [-0.2, -0.15) is 0 Å². The highest BCUT2D eigenvalue weighted by atomic mass is 16.3. The second-order valence-electron chi connectivity index (χ2n) is 2.54. The van der Waals surface area contributed by atoms with Crippen molar-refractivity contribution in [3.63, 3.8) is 0 Å². The second kappa shape index (κ2) is 2.46. The van der Waals surface area contributed by atoms with Crippen molar-refractivity contribution >= 4 is 0 Å². The molecule has 1 aliphatic rings. The molecule has 2 heteroatoms. The molecule has 0 spiro atoms. The third-order valence-corrected chi connectivity index (χ3v) is 1.79. The second-order valence-corrected chi connectivity index (χ2v) is 2.54. The fraction of sp³-hybridized carbons (Fsp3) is 1.00. The van der Waals surface area contributed by atoms with E-state index in [0.717, 1.165) is 19.5 Å². The lowest BCUT2D eigenvalue weighted by Gasteiger charge is -2.24. The number of piperidine rings is 1. The Morgan fingerprint density at radius 1 is 1.62 bits per heavy atom. The molecule has 0 aromatic rings. The lowest BCUT2D eigenvalue weighted by atomic mass is 9.98. The number of rotatable bonds is 0. The first-order valence-corrected chi connectivity index (χ1v) is 3.19. The van der Waals surface area contributed by atoms with Gasteiger partial charge in [-0.25, -0.2) is 0 Å². The molecule has 0 amide bonds. The highest BCUT2D eigenvalue weighted by molar-refractivity contribution is 4.72. The molecule has 2 nitrogen and oxygen atoms in total. The minimum Gasteiger partial charge on any atom is -0.392 e. The molecule has 48 valence electrons. The van der Waals surface area contributed by atoms with Gasteiger partial charge in [0.25, 0.3) is 0 Å². The zero-order valence-electron chi connectivity index (χ0n) is 5.22. The molecule has 0 aromatic heterocycles. The van der Waals surface area contributed by atoms with E-state index in [2.05, 4.69) is 12.2 Å². The molecule has 0 aliphatic carbocycles. The molecule has 1 aliphatic heterocycles. The maximum absolute atomic E-state index is 9.12. The Morgan fingerprint density at radius 3 is 2.75 bits per heavy atom. The van der Waals surface area contributed by atoms with Crippen LogP contribution in [0.15, 0.2) is 0 Å². The summed E-state index contributed by atoms with van der Waals surface area (Å²) in [5.41, 5.74) is 0. The van der Waals surface area contributed by atoms with Gasteiger partial charge in [0.1, 0.15) is 0 Å². The van der Waals surface area contributed by atoms with Crippen LogP contribution in [0.25, 0.3) is 0 Å². The van der Waals surface area contributed by atoms with E-state index in [4.69, 9.17) is 5.11 Å². The molecule has 0 radical (unpaired) electrons. The third kappa shape index (κ3) is 1.20. The third-order valence-electron chi connectivity index (χ3n) is 1.79. The Bertz CT molecular complexity index is 64.9. The van der Waals surface area contributed by atoms with Crippen LogP contribution >= 0.6 is 0 Å². The SMILES string of the molecule is C[C@H]1CCNC[C@@H]1O. The van der Waals surface area contributed by atoms with Crippen molar-refractivity contribution in [2.75, 3.05) is 13.1 Å². The van der Waals surface area contributed by atoms with Crippen LogP contribution in [-0.4, -0.2) is 24.3 Å². The van der Waals surface area contributed by atoms with E-state index < -0.39 is 0 Å². The van der Waals surface area contributed by atoms with Gasteiger partial charge in [-0.05, 0) is 18.9 Å². The number of hydrogen-bond acceptors (Lipinski definition) is 2. The number of β-amino-alcohol motifs (C(OH)–C–C–N with tert-alkyl or cyclic N) is 1. The zero-order chi connectivity index (χ0) is 5.98. The molecular weight excluding hydrogens is 102 g/mol. The minimum atomic E-state index is -0.108. The molecule has 2 atom stereocenters. The fourth-order valence-corrected chi connectivity index (χ4v) is 0.973. The van der Waals surface area contributed by atoms with Crippen LogP contribution in [0.1, 0.15) is 13.3 Å². The topological polar surface area (TPSA) is 32.3 Å². The van der Waals surface area contributed by atoms with E-state index in [9.17, 15) is 0 Å². The number of aliphatic hydroxyl groups is 1. The van der Waals surface area contributed by atoms with Crippen LogP contribution in [0.5, 0.6) is 0 Å². The van der Waals surface area contributed by atoms with Crippen molar-refractivity contribution in [3.05, 3.63) is 0 Å². The van der Waals surface area contributed by atoms with E-state index >= 15 is 0 Å². The lowest BCUT2D eigenvalue weighted by Crippen LogP contribution is -2.39. The summed E-state index contributed by atoms with van der Waals surface area (Å²) in [6.45, 7) is 3.94. The fourth-order valence-electron chi connectivity index (χ4n) is 0.973. The van der Waals surface area contributed by atoms with Gasteiger partial charge in [-0.1, -0.05) is 6.92 Å². The number of aliphatic hydroxyl groups excluding tert-OH is 1. The normalized spacial score (nSPS) is 39.8. The van der Waals surface area contributed by atoms with E-state index in [0.29, 0.717) is 5.92 Å². The van der Waals surface area contributed by atoms with Crippen LogP contribution in [0.3, 0.4) is 0 Å². The van der Waals surface area contributed by atoms with Crippen molar-refractivity contribution in [2.24, 2.45) is 5.92 Å². The van der Waals surface area contributed by atoms with Crippen LogP contribution in [0.4, 0.5) is 0 Å². The highest BCUT2D eigenvalue weighted by Gasteiger charge is 2.16. The average molecular weight is 115 g/mol. The Morgan fingerprint density at radius 2 is 2.38 bits per heavy atom. The smallest absolute Gasteiger partial charge is 0.0690 e. The van der Waals surface area contributed by atoms with Crippen molar-refractivity contribution < 1.29 is 5.11 Å². The van der Waals surface area contributed by atoms with Gasteiger partial charge in [-0.15, -0.1) is 0 Å². The van der Waals surface area contributed by atoms with Gasteiger partial charge in [0.15, 0.2) is 0 Å². The van der Waals surface area contributed by atoms with Crippen LogP contribution in [0, 0.1) is 5.92 Å². The summed E-state index contributed by atoms with van der Waals surface area (Å²) in [5.74, 6) is 0.497. The monoisotopic (exact) mass is 115 g/mol. The van der Waals surface area contributed by atoms with Crippen molar-refractivity contribution in [1.82, 2.24) is 5.32 Å². The standard InChI is InChI=1S/C6H13NO/c1-5-2-3-7-4-6(5)8/h5-8H,2-4H2,1H3/t5-,6-/m0/s1. The van der Waals surface area contributed by atoms with Crippen LogP contribution in [-0.2, 0) is 0 Å². The summed E-state index contributed by atoms with van der Waals surface area (Å²) in [4.78, 5) is 0. The van der Waals surface area contributed by atoms with Gasteiger partial charge >= 0.3 is 0 Å². The molecule has 0 aromatic carbocycles. The van der Waals surface area contributed by atoms with Crippen LogP contribution < -0.4 is 5.32 Å². The Balaban J connectivity index is 2.28. The van der Waals surface area contributed by atoms with E-state index in [1.807, 2.05) is 0 Å². The molecule has 0 saturated carbocycles. The lowest BCUT2D eigenvalue weighted by molar-refractivity contribution is 0.0915. The summed E-state index contributed by atoms with van der Waals surface area (Å²) in [5, 5.41) is 12.2. The Kier molecular flexibility index (Phi) is 1.86. The van der Waals surface area contributed by atoms with Crippen molar-refractivity contribution in [1.29, 1.82) is 0 Å². The molecular formula is C6H13NO. The average Bonchev–Trinajstić information content (AvgIpc) is 1.77. The summed E-state index contributed by atoms with van der Waals surface area (Å²) in [6.07, 6.45) is 1.00. The van der Waals surface area contributed by atoms with E-state index in [1.54, 1.807) is 0 Å². The van der Waals surface area contributed by atoms with Crippen molar-refractivity contribution in [3.8, 4) is 0 Å². The van der Waals surface area contributed by atoms with Crippen molar-refractivity contribution in [2.45, 2.75) is 19.4 Å². The summed E-state index contributed by atoms with van der Waals surface area (Å²) < 4.78 is 0. The molecule has 1 rings (SSSR count). The number of nitrogens with one attached hydrogen (secondary N) is 1. The molecule has 0 unspecified atom stereocenters. The minimum absolute atomic E-state index is 0.108. The molecule has 8 heavy (non-hydrogen) atoms. The molecule has 1 heterocycles. The Hall–Kier alpha value is -0.0800. The zero-order valence-corrected chi connectivity index (χ0v) is 5.22. The maximum atomic E-state index is 9.12. The van der Waals surface area contributed by atoms with Gasteiger partial charge in [-0.3, -0.25) is 0 Å². The molecule has 2 N–H and O–H groups in total. The predicted molar refractivity (Wildman–Crippen MR) is 32.7 cm³/mol. The quantitative estimate of drug-likeness (QED) is 0.465. The van der Waals surface area contributed by atoms with E-state index in [1.165, 1.54) is 0 Å². The van der Waals surface area contributed by atoms with Gasteiger partial charge in [0.05, 0.1) is 6.10 Å².